The Bertz CT molecular complexity index is 524. The number of piperidine rings is 1. The van der Waals surface area contributed by atoms with Gasteiger partial charge in [0.05, 0.1) is 0 Å². The zero-order valence-electron chi connectivity index (χ0n) is 11.7. The summed E-state index contributed by atoms with van der Waals surface area (Å²) in [5.41, 5.74) is 0. The maximum Gasteiger partial charge on any atom is 0.260 e. The van der Waals surface area contributed by atoms with Gasteiger partial charge in [-0.05, 0) is 39.3 Å². The molecule has 1 aromatic rings. The van der Waals surface area contributed by atoms with Gasteiger partial charge in [-0.3, -0.25) is 9.58 Å². The van der Waals surface area contributed by atoms with Crippen molar-refractivity contribution in [3.05, 3.63) is 12.3 Å². The van der Waals surface area contributed by atoms with E-state index in [0.717, 1.165) is 25.9 Å². The molecule has 0 radical (unpaired) electrons. The van der Waals surface area contributed by atoms with E-state index in [1.54, 1.807) is 13.2 Å². The molecule has 0 saturated carbocycles. The van der Waals surface area contributed by atoms with E-state index < -0.39 is 10.0 Å². The first-order valence-corrected chi connectivity index (χ1v) is 8.13. The highest BCUT2D eigenvalue weighted by atomic mass is 32.2. The summed E-state index contributed by atoms with van der Waals surface area (Å²) >= 11 is 0. The summed E-state index contributed by atoms with van der Waals surface area (Å²) in [6.45, 7) is 6.08. The monoisotopic (exact) mass is 286 g/mol. The predicted octanol–water partition coefficient (Wildman–Crippen LogP) is 0.571. The van der Waals surface area contributed by atoms with Gasteiger partial charge < -0.3 is 0 Å². The van der Waals surface area contributed by atoms with E-state index in [1.165, 1.54) is 10.7 Å². The minimum absolute atomic E-state index is 0.0249. The minimum Gasteiger partial charge on any atom is -0.299 e. The lowest BCUT2D eigenvalue weighted by Gasteiger charge is -2.35. The summed E-state index contributed by atoms with van der Waals surface area (Å²) in [6, 6.07) is 1.94. The number of nitrogens with one attached hydrogen (secondary N) is 1. The van der Waals surface area contributed by atoms with Crippen LogP contribution >= 0.6 is 0 Å². The number of hydrogen-bond donors (Lipinski definition) is 1. The molecule has 6 nitrogen and oxygen atoms in total. The van der Waals surface area contributed by atoms with Crippen LogP contribution in [0.15, 0.2) is 17.3 Å². The van der Waals surface area contributed by atoms with Gasteiger partial charge in [0.15, 0.2) is 5.03 Å². The summed E-state index contributed by atoms with van der Waals surface area (Å²) in [5, 5.41) is 4.05. The van der Waals surface area contributed by atoms with Crippen LogP contribution in [0.25, 0.3) is 0 Å². The van der Waals surface area contributed by atoms with Crippen LogP contribution in [-0.4, -0.2) is 48.3 Å². The van der Waals surface area contributed by atoms with Crippen molar-refractivity contribution in [1.29, 1.82) is 0 Å². The van der Waals surface area contributed by atoms with Crippen molar-refractivity contribution in [1.82, 2.24) is 19.4 Å². The van der Waals surface area contributed by atoms with Crippen molar-refractivity contribution >= 4 is 10.0 Å². The Morgan fingerprint density at radius 2 is 2.21 bits per heavy atom. The van der Waals surface area contributed by atoms with E-state index in [4.69, 9.17) is 0 Å². The molecule has 7 heteroatoms. The Morgan fingerprint density at radius 3 is 2.79 bits per heavy atom. The standard InChI is InChI=1S/C12H22N4O2S/c1-10(2)16-7-4-5-11(9-16)14-19(17,18)12-6-8-15(3)13-12/h6,8,10-11,14H,4-5,7,9H2,1-3H3. The van der Waals surface area contributed by atoms with Crippen LogP contribution in [0.3, 0.4) is 0 Å². The molecule has 108 valence electrons. The normalized spacial score (nSPS) is 22.0. The van der Waals surface area contributed by atoms with Crippen LogP contribution in [-0.2, 0) is 17.1 Å². The van der Waals surface area contributed by atoms with Crippen LogP contribution in [0.4, 0.5) is 0 Å². The van der Waals surface area contributed by atoms with E-state index in [0.29, 0.717) is 6.04 Å². The SMILES string of the molecule is CC(C)N1CCCC(NS(=O)(=O)c2ccn(C)n2)C1. The topological polar surface area (TPSA) is 67.2 Å². The zero-order chi connectivity index (χ0) is 14.0. The van der Waals surface area contributed by atoms with Crippen molar-refractivity contribution in [3.8, 4) is 0 Å². The first-order valence-electron chi connectivity index (χ1n) is 6.64. The van der Waals surface area contributed by atoms with E-state index in [1.807, 2.05) is 0 Å². The van der Waals surface area contributed by atoms with Gasteiger partial charge in [0.1, 0.15) is 0 Å². The minimum atomic E-state index is -3.50. The quantitative estimate of drug-likeness (QED) is 0.879. The molecule has 0 aliphatic carbocycles. The molecule has 1 aliphatic heterocycles. The van der Waals surface area contributed by atoms with Crippen molar-refractivity contribution in [3.63, 3.8) is 0 Å². The number of aryl methyl sites for hydroxylation is 1. The van der Waals surface area contributed by atoms with Crippen LogP contribution < -0.4 is 4.72 Å². The number of hydrogen-bond acceptors (Lipinski definition) is 4. The predicted molar refractivity (Wildman–Crippen MR) is 73.3 cm³/mol. The average Bonchev–Trinajstić information content (AvgIpc) is 2.76. The van der Waals surface area contributed by atoms with Gasteiger partial charge in [0.2, 0.25) is 0 Å². The van der Waals surface area contributed by atoms with E-state index >= 15 is 0 Å². The second-order valence-electron chi connectivity index (χ2n) is 5.38. The van der Waals surface area contributed by atoms with Crippen LogP contribution in [0, 0.1) is 0 Å². The maximum atomic E-state index is 12.2. The molecule has 1 saturated heterocycles. The number of rotatable bonds is 4. The fourth-order valence-electron chi connectivity index (χ4n) is 2.39. The molecule has 1 aromatic heterocycles. The van der Waals surface area contributed by atoms with Crippen molar-refractivity contribution < 1.29 is 8.42 Å². The summed E-state index contributed by atoms with van der Waals surface area (Å²) < 4.78 is 28.6. The molecule has 1 atom stereocenters. The largest absolute Gasteiger partial charge is 0.299 e. The molecular formula is C12H22N4O2S. The Morgan fingerprint density at radius 1 is 1.47 bits per heavy atom. The van der Waals surface area contributed by atoms with Gasteiger partial charge in [-0.25, -0.2) is 13.1 Å². The third kappa shape index (κ3) is 3.55. The summed E-state index contributed by atoms with van der Waals surface area (Å²) in [6.07, 6.45) is 3.54. The Balaban J connectivity index is 2.04. The highest BCUT2D eigenvalue weighted by Crippen LogP contribution is 2.15. The molecule has 2 heterocycles. The van der Waals surface area contributed by atoms with Gasteiger partial charge in [-0.1, -0.05) is 0 Å². The van der Waals surface area contributed by atoms with Gasteiger partial charge in [0.25, 0.3) is 10.0 Å². The zero-order valence-corrected chi connectivity index (χ0v) is 12.5. The fraction of sp³-hybridized carbons (Fsp3) is 0.750. The van der Waals surface area contributed by atoms with Crippen molar-refractivity contribution in [2.75, 3.05) is 13.1 Å². The molecule has 1 fully saturated rings. The van der Waals surface area contributed by atoms with Gasteiger partial charge >= 0.3 is 0 Å². The summed E-state index contributed by atoms with van der Waals surface area (Å²) in [7, 11) is -1.79. The van der Waals surface area contributed by atoms with Crippen molar-refractivity contribution in [2.45, 2.75) is 43.8 Å². The Hall–Kier alpha value is -0.920. The number of nitrogens with zero attached hydrogens (tertiary/aromatic N) is 3. The number of aromatic nitrogens is 2. The number of likely N-dealkylation sites (tertiary alicyclic amines) is 1. The highest BCUT2D eigenvalue weighted by molar-refractivity contribution is 7.89. The van der Waals surface area contributed by atoms with Crippen molar-refractivity contribution in [2.24, 2.45) is 7.05 Å². The second-order valence-corrected chi connectivity index (χ2v) is 7.04. The average molecular weight is 286 g/mol. The third-order valence-corrected chi connectivity index (χ3v) is 4.88. The van der Waals surface area contributed by atoms with Crippen LogP contribution in [0.5, 0.6) is 0 Å². The van der Waals surface area contributed by atoms with E-state index in [-0.39, 0.29) is 11.1 Å². The van der Waals surface area contributed by atoms with Gasteiger partial charge in [-0.2, -0.15) is 5.10 Å². The van der Waals surface area contributed by atoms with Gasteiger partial charge in [0, 0.05) is 31.9 Å². The highest BCUT2D eigenvalue weighted by Gasteiger charge is 2.27. The molecular weight excluding hydrogens is 264 g/mol. The molecule has 0 spiro atoms. The van der Waals surface area contributed by atoms with Crippen LogP contribution in [0.1, 0.15) is 26.7 Å². The van der Waals surface area contributed by atoms with Gasteiger partial charge in [-0.15, -0.1) is 0 Å². The third-order valence-electron chi connectivity index (χ3n) is 3.47. The van der Waals surface area contributed by atoms with E-state index in [2.05, 4.69) is 28.6 Å². The lowest BCUT2D eigenvalue weighted by Crippen LogP contribution is -2.49. The molecule has 1 N–H and O–H groups in total. The molecule has 1 aliphatic rings. The first-order chi connectivity index (χ1) is 8.88. The molecule has 1 unspecified atom stereocenters. The molecule has 0 bridgehead atoms. The first kappa shape index (κ1) is 14.5. The molecule has 0 aromatic carbocycles. The van der Waals surface area contributed by atoms with E-state index in [9.17, 15) is 8.42 Å². The number of sulfonamides is 1. The molecule has 0 amide bonds. The maximum absolute atomic E-state index is 12.2. The molecule has 2 rings (SSSR count). The Labute approximate surface area is 114 Å². The lowest BCUT2D eigenvalue weighted by molar-refractivity contribution is 0.163. The fourth-order valence-corrected chi connectivity index (χ4v) is 3.62. The lowest BCUT2D eigenvalue weighted by atomic mass is 10.1. The Kier molecular flexibility index (Phi) is 4.27. The second kappa shape index (κ2) is 5.60. The molecule has 19 heavy (non-hydrogen) atoms. The summed E-state index contributed by atoms with van der Waals surface area (Å²) in [4.78, 5) is 2.30. The van der Waals surface area contributed by atoms with Crippen LogP contribution in [0.2, 0.25) is 0 Å². The summed E-state index contributed by atoms with van der Waals surface area (Å²) in [5.74, 6) is 0. The smallest absolute Gasteiger partial charge is 0.260 e.